The Kier molecular flexibility index (Phi) is 12.3. The highest BCUT2D eigenvalue weighted by Gasteiger charge is 2.64. The number of hydrogen-bond donors (Lipinski definition) is 0. The average molecular weight is 964 g/mol. The van der Waals surface area contributed by atoms with Gasteiger partial charge in [-0.3, -0.25) is 0 Å². The second-order valence-corrected chi connectivity index (χ2v) is 16.3. The van der Waals surface area contributed by atoms with Gasteiger partial charge in [-0.15, -0.1) is 0 Å². The summed E-state index contributed by atoms with van der Waals surface area (Å²) in [6.45, 7) is -6.09. The molecule has 5 atom stereocenters. The molecule has 8 rings (SSSR count). The molecule has 67 heavy (non-hydrogen) atoms. The topological polar surface area (TPSA) is 0 Å². The molecule has 0 N–H and O–H groups in total. The van der Waals surface area contributed by atoms with E-state index in [4.69, 9.17) is 0 Å². The minimum Gasteiger partial charge on any atom is -0.204 e. The first-order chi connectivity index (χ1) is 31.6. The summed E-state index contributed by atoms with van der Waals surface area (Å²) in [6, 6.07) is 12.7. The number of hydrogen-bond acceptors (Lipinski definition) is 0. The zero-order valence-electron chi connectivity index (χ0n) is 33.1. The van der Waals surface area contributed by atoms with Gasteiger partial charge in [-0.05, 0) is 52.9 Å². The summed E-state index contributed by atoms with van der Waals surface area (Å²) >= 11 is 0. The summed E-state index contributed by atoms with van der Waals surface area (Å²) in [5, 5.41) is 0. The van der Waals surface area contributed by atoms with Gasteiger partial charge in [0.05, 0.1) is 0 Å². The summed E-state index contributed by atoms with van der Waals surface area (Å²) in [5.74, 6) is -62.9. The highest BCUT2D eigenvalue weighted by Crippen LogP contribution is 2.71. The quantitative estimate of drug-likeness (QED) is 0.0617. The van der Waals surface area contributed by atoms with E-state index < -0.39 is 206 Å². The Labute approximate surface area is 365 Å². The van der Waals surface area contributed by atoms with E-state index in [2.05, 4.69) is 0 Å². The molecule has 0 nitrogen and oxygen atoms in total. The standard InChI is InChI=1S/C45H22B2F20/c48-25-21(26(49)34(57)41(64)33(25)56)46(22-27(50)35(58)42(65)36(59)28(22)51)17-11-13-45(19(17)15-7-3-1-4-8-15)14-12-18(20(45)16-9-5-2-6-10-16)47(23-29(52)37(60)43(66)38(61)30(23)53)24-31(54)39(62)44(67)40(63)32(24)55/h1-10,17-20H,11-14H2/t17-,18?,19+,20?,45?/m1/s1. The summed E-state index contributed by atoms with van der Waals surface area (Å²) < 4.78 is 308. The molecule has 2 aliphatic carbocycles. The lowest BCUT2D eigenvalue weighted by molar-refractivity contribution is 0.230. The number of rotatable bonds is 8. The SMILES string of the molecule is Fc1c(F)c(F)c(B(c2c(F)c(F)c(F)c(F)c2F)C2CCC3(CC[C@@H](B(c4c(F)c(F)c(F)c(F)c4F)c4c(F)c(F)c(F)c(F)c4F)[C@@H]3c3ccccc3)C2c2ccccc2)c(F)c1F. The van der Waals surface area contributed by atoms with E-state index in [0.29, 0.717) is 0 Å². The van der Waals surface area contributed by atoms with Crippen molar-refractivity contribution in [3.63, 3.8) is 0 Å². The van der Waals surface area contributed by atoms with Gasteiger partial charge in [-0.25, -0.2) is 87.8 Å². The smallest absolute Gasteiger partial charge is 0.204 e. The second-order valence-electron chi connectivity index (χ2n) is 16.3. The van der Waals surface area contributed by atoms with Crippen LogP contribution in [0.1, 0.15) is 48.6 Å². The molecule has 0 radical (unpaired) electrons. The van der Waals surface area contributed by atoms with Crippen LogP contribution < -0.4 is 21.9 Å². The molecule has 348 valence electrons. The third-order valence-electron chi connectivity index (χ3n) is 13.4. The minimum absolute atomic E-state index is 0.103. The van der Waals surface area contributed by atoms with Crippen LogP contribution in [-0.2, 0) is 0 Å². The Balaban J connectivity index is 1.48. The van der Waals surface area contributed by atoms with Crippen LogP contribution in [0.4, 0.5) is 87.8 Å². The third kappa shape index (κ3) is 7.00. The summed E-state index contributed by atoms with van der Waals surface area (Å²) in [6.07, 6.45) is -2.69. The molecule has 0 bridgehead atoms. The normalized spacial score (nSPS) is 20.4. The van der Waals surface area contributed by atoms with Gasteiger partial charge < -0.3 is 0 Å². The molecule has 6 aromatic carbocycles. The molecular weight excluding hydrogens is 942 g/mol. The van der Waals surface area contributed by atoms with E-state index in [1.807, 2.05) is 0 Å². The van der Waals surface area contributed by atoms with Crippen molar-refractivity contribution in [3.05, 3.63) is 188 Å². The largest absolute Gasteiger partial charge is 0.229 e. The van der Waals surface area contributed by atoms with E-state index in [9.17, 15) is 17.6 Å². The van der Waals surface area contributed by atoms with Crippen LogP contribution in [0.2, 0.25) is 11.6 Å². The third-order valence-corrected chi connectivity index (χ3v) is 13.4. The van der Waals surface area contributed by atoms with Crippen LogP contribution in [0, 0.1) is 122 Å². The summed E-state index contributed by atoms with van der Waals surface area (Å²) in [4.78, 5) is 0. The summed E-state index contributed by atoms with van der Waals surface area (Å²) in [7, 11) is 0. The van der Waals surface area contributed by atoms with Crippen LogP contribution in [0.3, 0.4) is 0 Å². The lowest BCUT2D eigenvalue weighted by Gasteiger charge is -2.44. The molecule has 22 heteroatoms. The van der Waals surface area contributed by atoms with E-state index in [1.54, 1.807) is 0 Å². The van der Waals surface area contributed by atoms with Gasteiger partial charge in [0.2, 0.25) is 13.4 Å². The molecule has 0 saturated heterocycles. The Morgan fingerprint density at radius 3 is 0.687 bits per heavy atom. The molecule has 1 spiro atoms. The van der Waals surface area contributed by atoms with Gasteiger partial charge in [0.25, 0.3) is 0 Å². The Morgan fingerprint density at radius 2 is 0.478 bits per heavy atom. The lowest BCUT2D eigenvalue weighted by atomic mass is 9.29. The Hall–Kier alpha value is -5.95. The molecule has 2 aliphatic rings. The lowest BCUT2D eigenvalue weighted by Crippen LogP contribution is -2.55. The first-order valence-corrected chi connectivity index (χ1v) is 19.8. The van der Waals surface area contributed by atoms with Crippen LogP contribution in [-0.4, -0.2) is 13.4 Å². The Morgan fingerprint density at radius 1 is 0.284 bits per heavy atom. The Bertz CT molecular complexity index is 2530. The fourth-order valence-electron chi connectivity index (χ4n) is 10.9. The van der Waals surface area contributed by atoms with Gasteiger partial charge in [0, 0.05) is 21.9 Å². The van der Waals surface area contributed by atoms with Crippen molar-refractivity contribution in [1.82, 2.24) is 0 Å². The predicted octanol–water partition coefficient (Wildman–Crippen LogP) is 11.3. The van der Waals surface area contributed by atoms with Gasteiger partial charge in [0.15, 0.2) is 116 Å². The molecular formula is C45H22B2F20. The van der Waals surface area contributed by atoms with Crippen molar-refractivity contribution in [3.8, 4) is 0 Å². The molecule has 0 aliphatic heterocycles. The van der Waals surface area contributed by atoms with Crippen molar-refractivity contribution in [2.24, 2.45) is 5.41 Å². The van der Waals surface area contributed by atoms with Crippen molar-refractivity contribution in [1.29, 1.82) is 0 Å². The fourth-order valence-corrected chi connectivity index (χ4v) is 10.9. The maximum Gasteiger partial charge on any atom is 0.229 e. The van der Waals surface area contributed by atoms with E-state index >= 15 is 70.2 Å². The van der Waals surface area contributed by atoms with Gasteiger partial charge in [0.1, 0.15) is 0 Å². The highest BCUT2D eigenvalue weighted by atomic mass is 19.2. The van der Waals surface area contributed by atoms with Gasteiger partial charge in [-0.2, -0.15) is 0 Å². The minimum atomic E-state index is -3.05. The second kappa shape index (κ2) is 17.3. The average Bonchev–Trinajstić information content (AvgIpc) is 3.90. The van der Waals surface area contributed by atoms with Crippen molar-refractivity contribution in [2.75, 3.05) is 0 Å². The van der Waals surface area contributed by atoms with Gasteiger partial charge >= 0.3 is 0 Å². The zero-order chi connectivity index (χ0) is 48.9. The molecule has 2 saturated carbocycles. The predicted molar refractivity (Wildman–Crippen MR) is 202 cm³/mol. The van der Waals surface area contributed by atoms with Crippen LogP contribution in [0.25, 0.3) is 0 Å². The molecule has 0 amide bonds. The van der Waals surface area contributed by atoms with Crippen LogP contribution in [0.5, 0.6) is 0 Å². The molecule has 0 aromatic heterocycles. The van der Waals surface area contributed by atoms with Crippen molar-refractivity contribution >= 4 is 35.3 Å². The highest BCUT2D eigenvalue weighted by molar-refractivity contribution is 6.87. The van der Waals surface area contributed by atoms with E-state index in [0.717, 1.165) is 0 Å². The van der Waals surface area contributed by atoms with E-state index in [1.165, 1.54) is 60.7 Å². The maximum atomic E-state index is 16.1. The number of halogens is 20. The molecule has 6 aromatic rings. The molecule has 0 heterocycles. The first kappa shape index (κ1) is 47.5. The van der Waals surface area contributed by atoms with Crippen LogP contribution in [0.15, 0.2) is 60.7 Å². The van der Waals surface area contributed by atoms with Crippen molar-refractivity contribution < 1.29 is 87.8 Å². The fraction of sp³-hybridized carbons (Fsp3) is 0.200. The zero-order valence-corrected chi connectivity index (χ0v) is 33.1. The first-order valence-electron chi connectivity index (χ1n) is 19.8. The van der Waals surface area contributed by atoms with Gasteiger partial charge in [-0.1, -0.05) is 73.5 Å². The van der Waals surface area contributed by atoms with Crippen molar-refractivity contribution in [2.45, 2.75) is 49.2 Å². The maximum absolute atomic E-state index is 16.1. The molecule has 3 unspecified atom stereocenters. The number of benzene rings is 6. The monoisotopic (exact) mass is 964 g/mol. The van der Waals surface area contributed by atoms with E-state index in [-0.39, 0.29) is 11.1 Å². The summed E-state index contributed by atoms with van der Waals surface area (Å²) in [5.41, 5.74) is -10.5. The molecule has 2 fully saturated rings. The van der Waals surface area contributed by atoms with Crippen LogP contribution >= 0.6 is 0 Å².